The molecule has 3 fully saturated rings. The van der Waals surface area contributed by atoms with Crippen LogP contribution in [-0.4, -0.2) is 40.3 Å². The van der Waals surface area contributed by atoms with Gasteiger partial charge in [0.25, 0.3) is 0 Å². The molecule has 1 aliphatic carbocycles. The molecule has 1 aromatic heterocycles. The van der Waals surface area contributed by atoms with E-state index >= 15 is 0 Å². The third-order valence-corrected chi connectivity index (χ3v) is 5.06. The molecule has 104 valence electrons. The second kappa shape index (κ2) is 4.03. The molecular weight excluding hydrogens is 242 g/mol. The zero-order valence-electron chi connectivity index (χ0n) is 11.6. The van der Waals surface area contributed by atoms with Crippen LogP contribution in [0.25, 0.3) is 0 Å². The van der Waals surface area contributed by atoms with Crippen molar-refractivity contribution in [2.75, 3.05) is 19.7 Å². The summed E-state index contributed by atoms with van der Waals surface area (Å²) in [4.78, 5) is 7.08. The van der Waals surface area contributed by atoms with Crippen LogP contribution in [0.1, 0.15) is 56.8 Å². The molecule has 3 aliphatic rings. The van der Waals surface area contributed by atoms with Gasteiger partial charge in [0.05, 0.1) is 6.61 Å². The second-order valence-corrected chi connectivity index (χ2v) is 6.66. The first-order valence-corrected chi connectivity index (χ1v) is 7.36. The molecule has 3 heterocycles. The lowest BCUT2D eigenvalue weighted by atomic mass is 9.98. The van der Waals surface area contributed by atoms with Crippen molar-refractivity contribution in [3.8, 4) is 0 Å². The van der Waals surface area contributed by atoms with Crippen molar-refractivity contribution in [3.05, 3.63) is 11.7 Å². The van der Waals surface area contributed by atoms with Gasteiger partial charge >= 0.3 is 0 Å². The van der Waals surface area contributed by atoms with E-state index in [1.54, 1.807) is 0 Å². The minimum Gasteiger partial charge on any atom is -0.367 e. The Balaban J connectivity index is 1.49. The lowest BCUT2D eigenvalue weighted by Crippen LogP contribution is -2.51. The monoisotopic (exact) mass is 263 g/mol. The van der Waals surface area contributed by atoms with Crippen LogP contribution in [0.4, 0.5) is 0 Å². The van der Waals surface area contributed by atoms with E-state index in [0.717, 1.165) is 24.9 Å². The smallest absolute Gasteiger partial charge is 0.230 e. The molecule has 2 aliphatic heterocycles. The Morgan fingerprint density at radius 1 is 1.42 bits per heavy atom. The molecule has 0 aromatic carbocycles. The van der Waals surface area contributed by atoms with Gasteiger partial charge in [-0.05, 0) is 38.6 Å². The Hall–Kier alpha value is -0.940. The summed E-state index contributed by atoms with van der Waals surface area (Å²) in [5.41, 5.74) is 0.230. The van der Waals surface area contributed by atoms with Gasteiger partial charge in [-0.15, -0.1) is 0 Å². The minimum absolute atomic E-state index is 0.0160. The fourth-order valence-electron chi connectivity index (χ4n) is 3.44. The molecule has 0 spiro atoms. The predicted molar refractivity (Wildman–Crippen MR) is 68.7 cm³/mol. The Bertz CT molecular complexity index is 489. The Kier molecular flexibility index (Phi) is 2.51. The highest BCUT2D eigenvalue weighted by Crippen LogP contribution is 2.46. The number of fused-ring (bicyclic) bond motifs is 1. The maximum atomic E-state index is 5.99. The number of aromatic nitrogens is 2. The Morgan fingerprint density at radius 2 is 2.26 bits per heavy atom. The van der Waals surface area contributed by atoms with Gasteiger partial charge < -0.3 is 9.26 Å². The van der Waals surface area contributed by atoms with Crippen molar-refractivity contribution >= 4 is 0 Å². The summed E-state index contributed by atoms with van der Waals surface area (Å²) in [5, 5.41) is 4.13. The number of ether oxygens (including phenoxy) is 1. The van der Waals surface area contributed by atoms with E-state index in [-0.39, 0.29) is 11.6 Å². The third-order valence-electron chi connectivity index (χ3n) is 5.06. The number of morpholine rings is 1. The summed E-state index contributed by atoms with van der Waals surface area (Å²) < 4.78 is 11.4. The van der Waals surface area contributed by atoms with Crippen LogP contribution in [-0.2, 0) is 4.74 Å². The molecular formula is C14H21N3O2. The number of rotatable bonds is 2. The molecule has 0 radical (unpaired) electrons. The zero-order valence-corrected chi connectivity index (χ0v) is 11.6. The van der Waals surface area contributed by atoms with Gasteiger partial charge in [-0.1, -0.05) is 12.1 Å². The molecule has 4 atom stereocenters. The van der Waals surface area contributed by atoms with Gasteiger partial charge in [-0.3, -0.25) is 4.90 Å². The molecule has 2 saturated heterocycles. The summed E-state index contributed by atoms with van der Waals surface area (Å²) >= 11 is 0. The number of nitrogens with zero attached hydrogens (tertiary/aromatic N) is 3. The summed E-state index contributed by atoms with van der Waals surface area (Å²) in [6.45, 7) is 7.36. The topological polar surface area (TPSA) is 51.4 Å². The van der Waals surface area contributed by atoms with Gasteiger partial charge in [-0.2, -0.15) is 4.98 Å². The quantitative estimate of drug-likeness (QED) is 0.818. The van der Waals surface area contributed by atoms with Crippen LogP contribution < -0.4 is 0 Å². The molecule has 0 bridgehead atoms. The van der Waals surface area contributed by atoms with Crippen molar-refractivity contribution in [1.82, 2.24) is 15.0 Å². The first-order valence-electron chi connectivity index (χ1n) is 7.36. The number of hydrogen-bond donors (Lipinski definition) is 0. The highest BCUT2D eigenvalue weighted by molar-refractivity contribution is 5.08. The lowest BCUT2D eigenvalue weighted by Gasteiger charge is -2.42. The summed E-state index contributed by atoms with van der Waals surface area (Å²) in [6, 6.07) is 0. The average molecular weight is 263 g/mol. The zero-order chi connectivity index (χ0) is 13.0. The van der Waals surface area contributed by atoms with Crippen LogP contribution in [0.15, 0.2) is 4.52 Å². The van der Waals surface area contributed by atoms with E-state index in [2.05, 4.69) is 28.9 Å². The fourth-order valence-corrected chi connectivity index (χ4v) is 3.44. The summed E-state index contributed by atoms with van der Waals surface area (Å²) in [7, 11) is 0. The van der Waals surface area contributed by atoms with Crippen LogP contribution >= 0.6 is 0 Å². The van der Waals surface area contributed by atoms with E-state index in [1.807, 2.05) is 0 Å². The molecule has 4 unspecified atom stereocenters. The molecule has 5 heteroatoms. The molecule has 5 nitrogen and oxygen atoms in total. The van der Waals surface area contributed by atoms with Gasteiger partial charge in [0.1, 0.15) is 6.10 Å². The van der Waals surface area contributed by atoms with Crippen molar-refractivity contribution < 1.29 is 9.26 Å². The summed E-state index contributed by atoms with van der Waals surface area (Å²) in [6.07, 6.45) is 3.66. The SMILES string of the molecule is CC1CC1c1nc(C2CN3CCCC3(C)CO2)no1. The summed E-state index contributed by atoms with van der Waals surface area (Å²) in [5.74, 6) is 2.73. The first-order chi connectivity index (χ1) is 9.16. The lowest BCUT2D eigenvalue weighted by molar-refractivity contribution is -0.0935. The number of hydrogen-bond acceptors (Lipinski definition) is 5. The van der Waals surface area contributed by atoms with Crippen LogP contribution in [0, 0.1) is 5.92 Å². The van der Waals surface area contributed by atoms with E-state index in [4.69, 9.17) is 9.26 Å². The molecule has 19 heavy (non-hydrogen) atoms. The van der Waals surface area contributed by atoms with Gasteiger partial charge in [0.2, 0.25) is 11.7 Å². The fraction of sp³-hybridized carbons (Fsp3) is 0.857. The molecule has 0 N–H and O–H groups in total. The Morgan fingerprint density at radius 3 is 3.05 bits per heavy atom. The average Bonchev–Trinajstić information content (AvgIpc) is 2.81. The largest absolute Gasteiger partial charge is 0.367 e. The van der Waals surface area contributed by atoms with Crippen molar-refractivity contribution in [1.29, 1.82) is 0 Å². The van der Waals surface area contributed by atoms with Gasteiger partial charge in [-0.25, -0.2) is 0 Å². The highest BCUT2D eigenvalue weighted by atomic mass is 16.5. The maximum Gasteiger partial charge on any atom is 0.230 e. The molecule has 1 saturated carbocycles. The van der Waals surface area contributed by atoms with E-state index < -0.39 is 0 Å². The van der Waals surface area contributed by atoms with Crippen LogP contribution in [0.2, 0.25) is 0 Å². The van der Waals surface area contributed by atoms with Gasteiger partial charge in [0, 0.05) is 18.0 Å². The van der Waals surface area contributed by atoms with Crippen molar-refractivity contribution in [3.63, 3.8) is 0 Å². The van der Waals surface area contributed by atoms with Gasteiger partial charge in [0.15, 0.2) is 0 Å². The predicted octanol–water partition coefficient (Wildman–Crippen LogP) is 2.12. The van der Waals surface area contributed by atoms with E-state index in [0.29, 0.717) is 11.8 Å². The normalized spacial score (nSPS) is 42.3. The van der Waals surface area contributed by atoms with Crippen LogP contribution in [0.3, 0.4) is 0 Å². The van der Waals surface area contributed by atoms with E-state index in [1.165, 1.54) is 25.8 Å². The third kappa shape index (κ3) is 1.91. The van der Waals surface area contributed by atoms with Crippen molar-refractivity contribution in [2.24, 2.45) is 5.92 Å². The minimum atomic E-state index is -0.0160. The second-order valence-electron chi connectivity index (χ2n) is 6.66. The molecule has 1 aromatic rings. The van der Waals surface area contributed by atoms with Crippen LogP contribution in [0.5, 0.6) is 0 Å². The Labute approximate surface area is 113 Å². The molecule has 4 rings (SSSR count). The molecule has 0 amide bonds. The van der Waals surface area contributed by atoms with E-state index in [9.17, 15) is 0 Å². The highest BCUT2D eigenvalue weighted by Gasteiger charge is 2.44. The first kappa shape index (κ1) is 11.9. The standard InChI is InChI=1S/C14H21N3O2/c1-9-6-10(9)13-15-12(16-19-13)11-7-17-5-3-4-14(17,2)8-18-11/h9-11H,3-8H2,1-2H3. The van der Waals surface area contributed by atoms with Crippen molar-refractivity contribution in [2.45, 2.75) is 50.7 Å². The maximum absolute atomic E-state index is 5.99.